The van der Waals surface area contributed by atoms with E-state index in [2.05, 4.69) is 10.0 Å². The van der Waals surface area contributed by atoms with Crippen LogP contribution in [-0.4, -0.2) is 47.0 Å². The van der Waals surface area contributed by atoms with Crippen molar-refractivity contribution in [2.75, 3.05) is 27.7 Å². The maximum atomic E-state index is 12.2. The van der Waals surface area contributed by atoms with Crippen molar-refractivity contribution in [1.29, 1.82) is 0 Å². The first kappa shape index (κ1) is 18.1. The first-order valence-corrected chi connectivity index (χ1v) is 8.85. The van der Waals surface area contributed by atoms with Gasteiger partial charge in [0.15, 0.2) is 0 Å². The number of rotatable bonds is 9. The highest BCUT2D eigenvalue weighted by molar-refractivity contribution is 7.88. The van der Waals surface area contributed by atoms with Crippen molar-refractivity contribution in [2.24, 2.45) is 0 Å². The van der Waals surface area contributed by atoms with Crippen LogP contribution in [0.1, 0.15) is 24.5 Å². The van der Waals surface area contributed by atoms with Crippen LogP contribution in [-0.2, 0) is 22.3 Å². The van der Waals surface area contributed by atoms with E-state index in [1.807, 2.05) is 57.2 Å². The molecular formula is C15H27N3O2S. The lowest BCUT2D eigenvalue weighted by Gasteiger charge is -2.17. The predicted octanol–water partition coefficient (Wildman–Crippen LogP) is 1.17. The van der Waals surface area contributed by atoms with E-state index in [0.717, 1.165) is 30.6 Å². The van der Waals surface area contributed by atoms with E-state index in [-0.39, 0.29) is 11.8 Å². The second-order valence-electron chi connectivity index (χ2n) is 5.72. The quantitative estimate of drug-likeness (QED) is 0.718. The van der Waals surface area contributed by atoms with E-state index >= 15 is 0 Å². The molecule has 1 aromatic carbocycles. The minimum absolute atomic E-state index is 0.0247. The van der Waals surface area contributed by atoms with E-state index in [0.29, 0.717) is 0 Å². The lowest BCUT2D eigenvalue weighted by Crippen LogP contribution is -2.35. The minimum Gasteiger partial charge on any atom is -0.316 e. The molecule has 0 bridgehead atoms. The Morgan fingerprint density at radius 1 is 1.24 bits per heavy atom. The van der Waals surface area contributed by atoms with Crippen LogP contribution in [0.3, 0.4) is 0 Å². The SMILES string of the molecule is CNCc1cccc(CS(=O)(=O)NC(C)CCN(C)C)c1. The zero-order valence-electron chi connectivity index (χ0n) is 13.4. The first-order valence-electron chi connectivity index (χ1n) is 7.19. The molecule has 0 saturated heterocycles. The Hall–Kier alpha value is -0.950. The van der Waals surface area contributed by atoms with Crippen LogP contribution in [0, 0.1) is 0 Å². The molecule has 6 heteroatoms. The van der Waals surface area contributed by atoms with Crippen molar-refractivity contribution in [3.63, 3.8) is 0 Å². The molecule has 0 aliphatic heterocycles. The number of hydrogen-bond acceptors (Lipinski definition) is 4. The summed E-state index contributed by atoms with van der Waals surface area (Å²) in [5.74, 6) is 0.0247. The summed E-state index contributed by atoms with van der Waals surface area (Å²) in [6, 6.07) is 7.61. The summed E-state index contributed by atoms with van der Waals surface area (Å²) in [6.45, 7) is 3.50. The number of hydrogen-bond donors (Lipinski definition) is 2. The molecule has 0 saturated carbocycles. The van der Waals surface area contributed by atoms with Crippen LogP contribution in [0.2, 0.25) is 0 Å². The van der Waals surface area contributed by atoms with E-state index < -0.39 is 10.0 Å². The summed E-state index contributed by atoms with van der Waals surface area (Å²) in [7, 11) is 2.53. The van der Waals surface area contributed by atoms with Gasteiger partial charge in [-0.3, -0.25) is 0 Å². The Balaban J connectivity index is 2.61. The van der Waals surface area contributed by atoms with E-state index in [9.17, 15) is 8.42 Å². The summed E-state index contributed by atoms with van der Waals surface area (Å²) >= 11 is 0. The molecule has 0 fully saturated rings. The third-order valence-electron chi connectivity index (χ3n) is 3.12. The molecule has 5 nitrogen and oxygen atoms in total. The molecule has 2 N–H and O–H groups in total. The average Bonchev–Trinajstić information content (AvgIpc) is 2.36. The fourth-order valence-corrected chi connectivity index (χ4v) is 3.54. The monoisotopic (exact) mass is 313 g/mol. The Bertz CT molecular complexity index is 529. The van der Waals surface area contributed by atoms with Gasteiger partial charge in [0, 0.05) is 12.6 Å². The molecule has 1 unspecified atom stereocenters. The van der Waals surface area contributed by atoms with Gasteiger partial charge in [-0.25, -0.2) is 13.1 Å². The highest BCUT2D eigenvalue weighted by Gasteiger charge is 2.15. The topological polar surface area (TPSA) is 61.4 Å². The molecule has 0 spiro atoms. The Kier molecular flexibility index (Phi) is 7.31. The standard InChI is InChI=1S/C15H27N3O2S/c1-13(8-9-18(3)4)17-21(19,20)12-15-7-5-6-14(10-15)11-16-2/h5-7,10,13,16-17H,8-9,11-12H2,1-4H3. The van der Waals surface area contributed by atoms with Gasteiger partial charge < -0.3 is 10.2 Å². The molecule has 0 aliphatic rings. The van der Waals surface area contributed by atoms with Gasteiger partial charge in [0.1, 0.15) is 0 Å². The van der Waals surface area contributed by atoms with Gasteiger partial charge in [0.25, 0.3) is 0 Å². The van der Waals surface area contributed by atoms with Crippen molar-refractivity contribution >= 4 is 10.0 Å². The summed E-state index contributed by atoms with van der Waals surface area (Å²) in [5.41, 5.74) is 1.90. The molecule has 0 amide bonds. The molecule has 0 aliphatic carbocycles. The van der Waals surface area contributed by atoms with Crippen LogP contribution in [0.4, 0.5) is 0 Å². The van der Waals surface area contributed by atoms with Gasteiger partial charge >= 0.3 is 0 Å². The van der Waals surface area contributed by atoms with Crippen molar-refractivity contribution in [2.45, 2.75) is 31.7 Å². The smallest absolute Gasteiger partial charge is 0.216 e. The molecule has 1 aromatic rings. The molecule has 0 aromatic heterocycles. The minimum atomic E-state index is -3.30. The van der Waals surface area contributed by atoms with Gasteiger partial charge in [-0.2, -0.15) is 0 Å². The fourth-order valence-electron chi connectivity index (χ4n) is 2.11. The second kappa shape index (κ2) is 8.48. The van der Waals surface area contributed by atoms with Crippen LogP contribution >= 0.6 is 0 Å². The lowest BCUT2D eigenvalue weighted by atomic mass is 10.1. The molecular weight excluding hydrogens is 286 g/mol. The maximum Gasteiger partial charge on any atom is 0.216 e. The Morgan fingerprint density at radius 3 is 2.52 bits per heavy atom. The molecule has 1 rings (SSSR count). The fraction of sp³-hybridized carbons (Fsp3) is 0.600. The molecule has 1 atom stereocenters. The van der Waals surface area contributed by atoms with Gasteiger partial charge in [0.2, 0.25) is 10.0 Å². The summed E-state index contributed by atoms with van der Waals surface area (Å²) in [6.07, 6.45) is 0.798. The number of nitrogens with zero attached hydrogens (tertiary/aromatic N) is 1. The number of benzene rings is 1. The number of sulfonamides is 1. The van der Waals surface area contributed by atoms with Crippen LogP contribution < -0.4 is 10.0 Å². The van der Waals surface area contributed by atoms with E-state index in [4.69, 9.17) is 0 Å². The van der Waals surface area contributed by atoms with Crippen molar-refractivity contribution < 1.29 is 8.42 Å². The molecule has 0 heterocycles. The van der Waals surface area contributed by atoms with Gasteiger partial charge in [-0.1, -0.05) is 24.3 Å². The third-order valence-corrected chi connectivity index (χ3v) is 4.59. The first-order chi connectivity index (χ1) is 9.82. The second-order valence-corrected chi connectivity index (χ2v) is 7.47. The summed E-state index contributed by atoms with van der Waals surface area (Å²) < 4.78 is 27.1. The van der Waals surface area contributed by atoms with Gasteiger partial charge in [-0.15, -0.1) is 0 Å². The van der Waals surface area contributed by atoms with Crippen LogP contribution in [0.15, 0.2) is 24.3 Å². The molecule has 0 radical (unpaired) electrons. The average molecular weight is 313 g/mol. The van der Waals surface area contributed by atoms with Crippen LogP contribution in [0.25, 0.3) is 0 Å². The lowest BCUT2D eigenvalue weighted by molar-refractivity contribution is 0.379. The third kappa shape index (κ3) is 7.57. The predicted molar refractivity (Wildman–Crippen MR) is 87.6 cm³/mol. The van der Waals surface area contributed by atoms with E-state index in [1.165, 1.54) is 0 Å². The molecule has 120 valence electrons. The summed E-state index contributed by atoms with van der Waals surface area (Å²) in [4.78, 5) is 2.05. The Labute approximate surface area is 128 Å². The number of nitrogens with one attached hydrogen (secondary N) is 2. The van der Waals surface area contributed by atoms with E-state index in [1.54, 1.807) is 0 Å². The molecule has 21 heavy (non-hydrogen) atoms. The van der Waals surface area contributed by atoms with Crippen LogP contribution in [0.5, 0.6) is 0 Å². The Morgan fingerprint density at radius 2 is 1.90 bits per heavy atom. The van der Waals surface area contributed by atoms with Gasteiger partial charge in [0.05, 0.1) is 5.75 Å². The maximum absolute atomic E-state index is 12.2. The van der Waals surface area contributed by atoms with Crippen molar-refractivity contribution in [3.8, 4) is 0 Å². The van der Waals surface area contributed by atoms with Crippen molar-refractivity contribution in [1.82, 2.24) is 14.9 Å². The van der Waals surface area contributed by atoms with Gasteiger partial charge in [-0.05, 0) is 52.2 Å². The van der Waals surface area contributed by atoms with Crippen molar-refractivity contribution in [3.05, 3.63) is 35.4 Å². The zero-order valence-corrected chi connectivity index (χ0v) is 14.2. The highest BCUT2D eigenvalue weighted by Crippen LogP contribution is 2.09. The zero-order chi connectivity index (χ0) is 15.9. The summed E-state index contributed by atoms with van der Waals surface area (Å²) in [5, 5.41) is 3.06. The highest BCUT2D eigenvalue weighted by atomic mass is 32.2. The largest absolute Gasteiger partial charge is 0.316 e. The normalized spacial score (nSPS) is 13.6.